The Labute approximate surface area is 89.1 Å². The Morgan fingerprint density at radius 1 is 1.33 bits per heavy atom. The highest BCUT2D eigenvalue weighted by atomic mass is 16.1. The van der Waals surface area contributed by atoms with Crippen LogP contribution in [-0.2, 0) is 0 Å². The molecule has 1 aromatic rings. The summed E-state index contributed by atoms with van der Waals surface area (Å²) >= 11 is 0. The van der Waals surface area contributed by atoms with E-state index in [1.807, 2.05) is 6.92 Å². The summed E-state index contributed by atoms with van der Waals surface area (Å²) in [5.74, 6) is -0.244. The minimum atomic E-state index is -0.244. The number of nitrogens with two attached hydrogens (primary N) is 2. The predicted octanol–water partition coefficient (Wildman–Crippen LogP) is 1.87. The Bertz CT molecular complexity index is 419. The van der Waals surface area contributed by atoms with Crippen molar-refractivity contribution in [3.05, 3.63) is 53.8 Å². The predicted molar refractivity (Wildman–Crippen MR) is 62.3 cm³/mol. The number of benzene rings is 1. The van der Waals surface area contributed by atoms with Crippen LogP contribution in [0.2, 0.25) is 0 Å². The number of anilines is 1. The van der Waals surface area contributed by atoms with Crippen molar-refractivity contribution in [3.8, 4) is 0 Å². The Hall–Kier alpha value is -2.03. The monoisotopic (exact) mass is 202 g/mol. The summed E-state index contributed by atoms with van der Waals surface area (Å²) in [5, 5.41) is 0. The Balaban J connectivity index is 3.00. The average Bonchev–Trinajstić information content (AvgIpc) is 2.25. The molecule has 0 spiro atoms. The largest absolute Gasteiger partial charge is 0.398 e. The van der Waals surface area contributed by atoms with Crippen molar-refractivity contribution in [1.82, 2.24) is 0 Å². The molecule has 0 fully saturated rings. The zero-order valence-electron chi connectivity index (χ0n) is 8.60. The standard InChI is InChI=1S/C12H14N2O/c1-2-3-7-11(14)12(15)9-6-4-5-8-10(9)13/h2-8H,13-14H2,1H3/b3-2-,11-7-. The maximum absolute atomic E-state index is 11.8. The minimum Gasteiger partial charge on any atom is -0.398 e. The summed E-state index contributed by atoms with van der Waals surface area (Å²) < 4.78 is 0. The van der Waals surface area contributed by atoms with Crippen molar-refractivity contribution in [2.75, 3.05) is 5.73 Å². The second-order valence-corrected chi connectivity index (χ2v) is 3.06. The molecular weight excluding hydrogens is 188 g/mol. The fourth-order valence-electron chi connectivity index (χ4n) is 1.13. The van der Waals surface area contributed by atoms with Gasteiger partial charge in [0.15, 0.2) is 0 Å². The normalized spacial score (nSPS) is 11.9. The number of carbonyl (C=O) groups excluding carboxylic acids is 1. The molecule has 15 heavy (non-hydrogen) atoms. The third-order valence-corrected chi connectivity index (χ3v) is 1.94. The maximum Gasteiger partial charge on any atom is 0.210 e. The molecule has 0 aliphatic heterocycles. The van der Waals surface area contributed by atoms with Gasteiger partial charge in [-0.25, -0.2) is 0 Å². The van der Waals surface area contributed by atoms with E-state index in [4.69, 9.17) is 11.5 Å². The summed E-state index contributed by atoms with van der Waals surface area (Å²) in [5.41, 5.74) is 12.3. The molecule has 0 bridgehead atoms. The molecule has 0 atom stereocenters. The van der Waals surface area contributed by atoms with E-state index in [1.165, 1.54) is 0 Å². The first-order valence-electron chi connectivity index (χ1n) is 4.64. The number of para-hydroxylation sites is 1. The summed E-state index contributed by atoms with van der Waals surface area (Å²) in [7, 11) is 0. The molecule has 0 unspecified atom stereocenters. The van der Waals surface area contributed by atoms with Crippen LogP contribution in [0.3, 0.4) is 0 Å². The van der Waals surface area contributed by atoms with Crippen LogP contribution >= 0.6 is 0 Å². The van der Waals surface area contributed by atoms with Crippen LogP contribution in [0.1, 0.15) is 17.3 Å². The van der Waals surface area contributed by atoms with Gasteiger partial charge in [-0.2, -0.15) is 0 Å². The van der Waals surface area contributed by atoms with Crippen LogP contribution in [0.15, 0.2) is 48.2 Å². The van der Waals surface area contributed by atoms with E-state index in [1.54, 1.807) is 42.5 Å². The van der Waals surface area contributed by atoms with Gasteiger partial charge >= 0.3 is 0 Å². The number of allylic oxidation sites excluding steroid dienone is 4. The van der Waals surface area contributed by atoms with Gasteiger partial charge in [0.05, 0.1) is 5.70 Å². The van der Waals surface area contributed by atoms with E-state index in [0.29, 0.717) is 11.3 Å². The topological polar surface area (TPSA) is 69.1 Å². The quantitative estimate of drug-likeness (QED) is 0.340. The Morgan fingerprint density at radius 2 is 2.00 bits per heavy atom. The molecular formula is C12H14N2O. The zero-order chi connectivity index (χ0) is 11.3. The fraction of sp³-hybridized carbons (Fsp3) is 0.0833. The molecule has 0 amide bonds. The molecule has 1 rings (SSSR count). The van der Waals surface area contributed by atoms with Gasteiger partial charge in [-0.3, -0.25) is 4.79 Å². The molecule has 0 aliphatic carbocycles. The second-order valence-electron chi connectivity index (χ2n) is 3.06. The lowest BCUT2D eigenvalue weighted by Crippen LogP contribution is -2.13. The lowest BCUT2D eigenvalue weighted by Gasteiger charge is -2.03. The van der Waals surface area contributed by atoms with Crippen LogP contribution in [0.25, 0.3) is 0 Å². The summed E-state index contributed by atoms with van der Waals surface area (Å²) in [6.07, 6.45) is 5.08. The van der Waals surface area contributed by atoms with Crippen molar-refractivity contribution < 1.29 is 4.79 Å². The Morgan fingerprint density at radius 3 is 2.60 bits per heavy atom. The molecule has 1 aromatic carbocycles. The molecule has 4 N–H and O–H groups in total. The van der Waals surface area contributed by atoms with Gasteiger partial charge < -0.3 is 11.5 Å². The van der Waals surface area contributed by atoms with Gasteiger partial charge in [0.1, 0.15) is 0 Å². The van der Waals surface area contributed by atoms with Crippen molar-refractivity contribution in [3.63, 3.8) is 0 Å². The van der Waals surface area contributed by atoms with E-state index in [-0.39, 0.29) is 11.5 Å². The van der Waals surface area contributed by atoms with E-state index >= 15 is 0 Å². The third kappa shape index (κ3) is 2.71. The summed E-state index contributed by atoms with van der Waals surface area (Å²) in [6, 6.07) is 6.87. The van der Waals surface area contributed by atoms with Gasteiger partial charge in [-0.15, -0.1) is 0 Å². The molecule has 0 heterocycles. The van der Waals surface area contributed by atoms with Gasteiger partial charge in [0, 0.05) is 11.3 Å². The molecule has 0 aliphatic rings. The molecule has 0 aromatic heterocycles. The summed E-state index contributed by atoms with van der Waals surface area (Å²) in [4.78, 5) is 11.8. The van der Waals surface area contributed by atoms with E-state index < -0.39 is 0 Å². The van der Waals surface area contributed by atoms with Crippen LogP contribution in [0.4, 0.5) is 5.69 Å². The van der Waals surface area contributed by atoms with Crippen molar-refractivity contribution >= 4 is 11.5 Å². The molecule has 0 saturated carbocycles. The second kappa shape index (κ2) is 5.00. The van der Waals surface area contributed by atoms with E-state index in [0.717, 1.165) is 0 Å². The first-order valence-corrected chi connectivity index (χ1v) is 4.64. The van der Waals surface area contributed by atoms with Crippen molar-refractivity contribution in [2.45, 2.75) is 6.92 Å². The van der Waals surface area contributed by atoms with Gasteiger partial charge in [-0.1, -0.05) is 24.3 Å². The lowest BCUT2D eigenvalue weighted by atomic mass is 10.1. The minimum absolute atomic E-state index is 0.186. The number of ketones is 1. The van der Waals surface area contributed by atoms with Crippen LogP contribution in [0, 0.1) is 0 Å². The highest BCUT2D eigenvalue weighted by Crippen LogP contribution is 2.13. The number of carbonyl (C=O) groups is 1. The average molecular weight is 202 g/mol. The Kier molecular flexibility index (Phi) is 3.68. The van der Waals surface area contributed by atoms with Gasteiger partial charge in [-0.05, 0) is 25.1 Å². The van der Waals surface area contributed by atoms with E-state index in [9.17, 15) is 4.79 Å². The van der Waals surface area contributed by atoms with Crippen molar-refractivity contribution in [1.29, 1.82) is 0 Å². The highest BCUT2D eigenvalue weighted by Gasteiger charge is 2.10. The summed E-state index contributed by atoms with van der Waals surface area (Å²) in [6.45, 7) is 1.85. The molecule has 3 nitrogen and oxygen atoms in total. The molecule has 3 heteroatoms. The van der Waals surface area contributed by atoms with Crippen LogP contribution < -0.4 is 11.5 Å². The van der Waals surface area contributed by atoms with Crippen molar-refractivity contribution in [2.24, 2.45) is 5.73 Å². The van der Waals surface area contributed by atoms with Crippen LogP contribution in [-0.4, -0.2) is 5.78 Å². The number of rotatable bonds is 3. The first kappa shape index (κ1) is 11.0. The molecule has 0 radical (unpaired) electrons. The molecule has 0 saturated heterocycles. The third-order valence-electron chi connectivity index (χ3n) is 1.94. The number of nitrogen functional groups attached to an aromatic ring is 1. The van der Waals surface area contributed by atoms with Gasteiger partial charge in [0.2, 0.25) is 5.78 Å². The first-order chi connectivity index (χ1) is 7.16. The zero-order valence-corrected chi connectivity index (χ0v) is 8.60. The van der Waals surface area contributed by atoms with Gasteiger partial charge in [0.25, 0.3) is 0 Å². The smallest absolute Gasteiger partial charge is 0.210 e. The fourth-order valence-corrected chi connectivity index (χ4v) is 1.13. The number of Topliss-reactive ketones (excluding diaryl/α,β-unsaturated/α-hetero) is 1. The van der Waals surface area contributed by atoms with Crippen LogP contribution in [0.5, 0.6) is 0 Å². The lowest BCUT2D eigenvalue weighted by molar-refractivity contribution is 0.103. The van der Waals surface area contributed by atoms with E-state index in [2.05, 4.69) is 0 Å². The highest BCUT2D eigenvalue weighted by molar-refractivity contribution is 6.11. The number of hydrogen-bond acceptors (Lipinski definition) is 3. The molecule has 78 valence electrons. The maximum atomic E-state index is 11.8. The SMILES string of the molecule is C/C=C\C=C(/N)C(=O)c1ccccc1N. The number of hydrogen-bond donors (Lipinski definition) is 2.